The Hall–Kier alpha value is -2.68. The Morgan fingerprint density at radius 3 is 2.77 bits per heavy atom. The molecule has 0 unspecified atom stereocenters. The van der Waals surface area contributed by atoms with Crippen molar-refractivity contribution < 1.29 is 0 Å². The minimum atomic E-state index is -0.0720. The zero-order chi connectivity index (χ0) is 18.3. The van der Waals surface area contributed by atoms with E-state index in [9.17, 15) is 4.79 Å². The molecule has 1 aromatic carbocycles. The maximum Gasteiger partial charge on any atom is 0.264 e. The van der Waals surface area contributed by atoms with Gasteiger partial charge in [0.05, 0.1) is 11.9 Å². The van der Waals surface area contributed by atoms with Crippen molar-refractivity contribution in [2.45, 2.75) is 20.4 Å². The van der Waals surface area contributed by atoms with Crippen molar-refractivity contribution in [2.75, 3.05) is 0 Å². The molecule has 26 heavy (non-hydrogen) atoms. The molecule has 0 spiro atoms. The lowest BCUT2D eigenvalue weighted by atomic mass is 10.1. The van der Waals surface area contributed by atoms with E-state index < -0.39 is 0 Å². The fourth-order valence-electron chi connectivity index (χ4n) is 3.15. The van der Waals surface area contributed by atoms with Gasteiger partial charge in [-0.1, -0.05) is 35.7 Å². The lowest BCUT2D eigenvalue weighted by Gasteiger charge is -2.11. The smallest absolute Gasteiger partial charge is 0.264 e. The first-order valence-corrected chi connectivity index (χ1v) is 9.88. The van der Waals surface area contributed by atoms with Gasteiger partial charge in [-0.15, -0.1) is 29.1 Å². The Kier molecular flexibility index (Phi) is 4.23. The van der Waals surface area contributed by atoms with Crippen LogP contribution in [-0.2, 0) is 6.54 Å². The third-order valence-corrected chi connectivity index (χ3v) is 6.17. The largest absolute Gasteiger partial charge is 0.280 e. The highest BCUT2D eigenvalue weighted by atomic mass is 32.1. The van der Waals surface area contributed by atoms with Crippen LogP contribution in [0.1, 0.15) is 10.4 Å². The summed E-state index contributed by atoms with van der Waals surface area (Å²) in [6.07, 6.45) is 5.56. The zero-order valence-corrected chi connectivity index (χ0v) is 16.1. The van der Waals surface area contributed by atoms with E-state index in [1.54, 1.807) is 27.2 Å². The van der Waals surface area contributed by atoms with Crippen LogP contribution >= 0.6 is 22.7 Å². The molecule has 0 saturated carbocycles. The summed E-state index contributed by atoms with van der Waals surface area (Å²) in [6, 6.07) is 12.0. The second kappa shape index (κ2) is 6.56. The average molecular weight is 377 g/mol. The highest BCUT2D eigenvalue weighted by Crippen LogP contribution is 2.38. The second-order valence-corrected chi connectivity index (χ2v) is 8.24. The second-order valence-electron chi connectivity index (χ2n) is 6.09. The number of nitrogens with zero attached hydrogens (tertiary/aromatic N) is 2. The summed E-state index contributed by atoms with van der Waals surface area (Å²) in [4.78, 5) is 21.2. The van der Waals surface area contributed by atoms with Gasteiger partial charge in [-0.2, -0.15) is 0 Å². The van der Waals surface area contributed by atoms with Crippen molar-refractivity contribution in [3.05, 3.63) is 62.6 Å². The molecular weight excluding hydrogens is 360 g/mol. The number of thiophene rings is 2. The van der Waals surface area contributed by atoms with E-state index in [0.29, 0.717) is 11.2 Å². The number of benzene rings is 1. The van der Waals surface area contributed by atoms with Crippen molar-refractivity contribution in [3.63, 3.8) is 0 Å². The quantitative estimate of drug-likeness (QED) is 0.466. The highest BCUT2D eigenvalue weighted by molar-refractivity contribution is 7.20. The van der Waals surface area contributed by atoms with Crippen LogP contribution in [0, 0.1) is 26.2 Å². The Labute approximate surface area is 159 Å². The van der Waals surface area contributed by atoms with E-state index in [1.165, 1.54) is 0 Å². The van der Waals surface area contributed by atoms with E-state index in [0.717, 1.165) is 31.3 Å². The topological polar surface area (TPSA) is 34.9 Å². The van der Waals surface area contributed by atoms with Crippen LogP contribution in [0.3, 0.4) is 0 Å². The predicted molar refractivity (Wildman–Crippen MR) is 111 cm³/mol. The van der Waals surface area contributed by atoms with Gasteiger partial charge in [-0.25, -0.2) is 4.98 Å². The first kappa shape index (κ1) is 16.8. The van der Waals surface area contributed by atoms with Crippen molar-refractivity contribution in [3.8, 4) is 34.2 Å². The maximum absolute atomic E-state index is 13.4. The molecule has 0 aliphatic rings. The van der Waals surface area contributed by atoms with Gasteiger partial charge >= 0.3 is 0 Å². The molecule has 0 fully saturated rings. The van der Waals surface area contributed by atoms with Crippen LogP contribution in [0.5, 0.6) is 0 Å². The van der Waals surface area contributed by atoms with Gasteiger partial charge in [0.25, 0.3) is 5.56 Å². The van der Waals surface area contributed by atoms with Crippen LogP contribution < -0.4 is 5.56 Å². The van der Waals surface area contributed by atoms with Gasteiger partial charge in [-0.05, 0) is 31.4 Å². The molecule has 3 heterocycles. The average Bonchev–Trinajstić information content (AvgIpc) is 3.24. The molecule has 0 amide bonds. The van der Waals surface area contributed by atoms with Gasteiger partial charge in [-0.3, -0.25) is 9.36 Å². The Bertz CT molecular complexity index is 1210. The molecule has 0 radical (unpaired) electrons. The van der Waals surface area contributed by atoms with Crippen molar-refractivity contribution in [1.82, 2.24) is 9.55 Å². The molecule has 0 atom stereocenters. The fourth-order valence-corrected chi connectivity index (χ4v) is 5.08. The van der Waals surface area contributed by atoms with E-state index in [1.807, 2.05) is 55.6 Å². The summed E-state index contributed by atoms with van der Waals surface area (Å²) in [5, 5.41) is 2.69. The number of terminal acetylenes is 1. The van der Waals surface area contributed by atoms with Gasteiger partial charge in [0.1, 0.15) is 10.7 Å². The Morgan fingerprint density at radius 1 is 1.23 bits per heavy atom. The van der Waals surface area contributed by atoms with Crippen molar-refractivity contribution in [2.24, 2.45) is 0 Å². The molecule has 4 aromatic rings. The fraction of sp³-hybridized carbons (Fsp3) is 0.143. The third-order valence-electron chi connectivity index (χ3n) is 4.28. The third kappa shape index (κ3) is 2.68. The highest BCUT2D eigenvalue weighted by Gasteiger charge is 2.20. The SMILES string of the molecule is C#CCn1c(-c2cccc(C)c2)nc2sc(C)c(-c3cccs3)c2c1=O. The summed E-state index contributed by atoms with van der Waals surface area (Å²) in [7, 11) is 0. The van der Waals surface area contributed by atoms with E-state index >= 15 is 0 Å². The Balaban J connectivity index is 2.09. The minimum absolute atomic E-state index is 0.0720. The standard InChI is InChI=1S/C21H16N2OS2/c1-4-10-23-19(15-8-5-7-13(2)12-15)22-20-18(21(23)24)17(14(3)26-20)16-9-6-11-25-16/h1,5-9,11-12H,10H2,2-3H3. The number of hydrogen-bond donors (Lipinski definition) is 0. The molecule has 0 bridgehead atoms. The van der Waals surface area contributed by atoms with Crippen LogP contribution in [0.25, 0.3) is 32.0 Å². The number of aromatic nitrogens is 2. The van der Waals surface area contributed by atoms with Gasteiger partial charge in [0.2, 0.25) is 0 Å². The summed E-state index contributed by atoms with van der Waals surface area (Å²) >= 11 is 3.19. The number of hydrogen-bond acceptors (Lipinski definition) is 4. The van der Waals surface area contributed by atoms with Crippen LogP contribution in [-0.4, -0.2) is 9.55 Å². The predicted octanol–water partition coefficient (Wildman–Crippen LogP) is 5.10. The van der Waals surface area contributed by atoms with Gasteiger partial charge in [0.15, 0.2) is 0 Å². The summed E-state index contributed by atoms with van der Waals surface area (Å²) < 4.78 is 1.61. The number of aryl methyl sites for hydroxylation is 2. The molecule has 0 aliphatic carbocycles. The first-order chi connectivity index (χ1) is 12.6. The van der Waals surface area contributed by atoms with E-state index in [2.05, 4.69) is 5.92 Å². The van der Waals surface area contributed by atoms with E-state index in [-0.39, 0.29) is 12.1 Å². The molecule has 0 saturated heterocycles. The number of fused-ring (bicyclic) bond motifs is 1. The van der Waals surface area contributed by atoms with Gasteiger partial charge in [0, 0.05) is 20.9 Å². The molecule has 3 aromatic heterocycles. The summed E-state index contributed by atoms with van der Waals surface area (Å²) in [5.41, 5.74) is 2.94. The summed E-state index contributed by atoms with van der Waals surface area (Å²) in [6.45, 7) is 4.26. The van der Waals surface area contributed by atoms with Crippen LogP contribution in [0.2, 0.25) is 0 Å². The van der Waals surface area contributed by atoms with Crippen LogP contribution in [0.4, 0.5) is 0 Å². The minimum Gasteiger partial charge on any atom is -0.280 e. The number of rotatable bonds is 3. The molecule has 5 heteroatoms. The molecule has 4 rings (SSSR count). The molecule has 0 aliphatic heterocycles. The van der Waals surface area contributed by atoms with E-state index in [4.69, 9.17) is 11.4 Å². The van der Waals surface area contributed by atoms with Gasteiger partial charge < -0.3 is 0 Å². The lowest BCUT2D eigenvalue weighted by Crippen LogP contribution is -2.23. The normalized spacial score (nSPS) is 11.0. The molecule has 128 valence electrons. The molecule has 0 N–H and O–H groups in total. The zero-order valence-electron chi connectivity index (χ0n) is 14.4. The van der Waals surface area contributed by atoms with Crippen molar-refractivity contribution in [1.29, 1.82) is 0 Å². The molecular formula is C21H16N2OS2. The van der Waals surface area contributed by atoms with Crippen molar-refractivity contribution >= 4 is 32.9 Å². The lowest BCUT2D eigenvalue weighted by molar-refractivity contribution is 0.796. The molecule has 3 nitrogen and oxygen atoms in total. The monoisotopic (exact) mass is 376 g/mol. The maximum atomic E-state index is 13.4. The van der Waals surface area contributed by atoms with Crippen LogP contribution in [0.15, 0.2) is 46.6 Å². The summed E-state index contributed by atoms with van der Waals surface area (Å²) in [5.74, 6) is 3.23. The Morgan fingerprint density at radius 2 is 2.08 bits per heavy atom. The first-order valence-electron chi connectivity index (χ1n) is 8.18.